The van der Waals surface area contributed by atoms with E-state index in [0.717, 1.165) is 16.5 Å². The third-order valence-corrected chi connectivity index (χ3v) is 2.68. The Balaban J connectivity index is 2.91. The number of benzene rings is 1. The molecule has 2 heteroatoms. The zero-order chi connectivity index (χ0) is 10.3. The van der Waals surface area contributed by atoms with Crippen LogP contribution in [-0.2, 0) is 7.05 Å². The van der Waals surface area contributed by atoms with Crippen LogP contribution in [0.25, 0.3) is 10.9 Å². The number of rotatable bonds is 1. The van der Waals surface area contributed by atoms with Gasteiger partial charge in [0.1, 0.15) is 0 Å². The molecular formula is C12H13NO. The number of carbonyl (C=O) groups is 1. The topological polar surface area (TPSA) is 22.0 Å². The molecule has 2 rings (SSSR count). The van der Waals surface area contributed by atoms with Gasteiger partial charge in [-0.15, -0.1) is 0 Å². The number of fused-ring (bicyclic) bond motifs is 1. The summed E-state index contributed by atoms with van der Waals surface area (Å²) in [6.45, 7) is 3.65. The molecule has 0 atom stereocenters. The molecule has 1 heterocycles. The van der Waals surface area contributed by atoms with Crippen molar-refractivity contribution in [2.24, 2.45) is 7.05 Å². The molecule has 2 aromatic rings. The number of aromatic nitrogens is 1. The number of hydrogen-bond acceptors (Lipinski definition) is 1. The molecule has 0 unspecified atom stereocenters. The standard InChI is InChI=1S/C12H13NO/c1-8-7-10-5-4-6-11(9(2)14)12(10)13(8)3/h4-7H,1-3H3. The number of nitrogens with zero attached hydrogens (tertiary/aromatic N) is 1. The van der Waals surface area contributed by atoms with Gasteiger partial charge in [0, 0.05) is 23.7 Å². The van der Waals surface area contributed by atoms with E-state index in [0.29, 0.717) is 0 Å². The minimum Gasteiger partial charge on any atom is -0.347 e. The van der Waals surface area contributed by atoms with Gasteiger partial charge in [-0.2, -0.15) is 0 Å². The lowest BCUT2D eigenvalue weighted by Gasteiger charge is -2.03. The first kappa shape index (κ1) is 9.00. The SMILES string of the molecule is CC(=O)c1cccc2cc(C)n(C)c12. The van der Waals surface area contributed by atoms with E-state index in [9.17, 15) is 4.79 Å². The third-order valence-electron chi connectivity index (χ3n) is 2.68. The number of ketones is 1. The van der Waals surface area contributed by atoms with Gasteiger partial charge in [0.15, 0.2) is 5.78 Å². The molecule has 0 aliphatic heterocycles. The zero-order valence-corrected chi connectivity index (χ0v) is 8.66. The van der Waals surface area contributed by atoms with E-state index in [4.69, 9.17) is 0 Å². The molecule has 0 bridgehead atoms. The zero-order valence-electron chi connectivity index (χ0n) is 8.66. The van der Waals surface area contributed by atoms with Crippen LogP contribution in [0.15, 0.2) is 24.3 Å². The molecular weight excluding hydrogens is 174 g/mol. The summed E-state index contributed by atoms with van der Waals surface area (Å²) >= 11 is 0. The van der Waals surface area contributed by atoms with Crippen molar-refractivity contribution in [2.45, 2.75) is 13.8 Å². The van der Waals surface area contributed by atoms with Gasteiger partial charge in [-0.1, -0.05) is 12.1 Å². The van der Waals surface area contributed by atoms with E-state index in [1.807, 2.05) is 32.2 Å². The largest absolute Gasteiger partial charge is 0.347 e. The van der Waals surface area contributed by atoms with Crippen molar-refractivity contribution in [3.8, 4) is 0 Å². The monoisotopic (exact) mass is 187 g/mol. The van der Waals surface area contributed by atoms with Crippen molar-refractivity contribution in [1.29, 1.82) is 0 Å². The molecule has 1 aromatic carbocycles. The predicted molar refractivity (Wildman–Crippen MR) is 57.7 cm³/mol. The summed E-state index contributed by atoms with van der Waals surface area (Å²) in [5.41, 5.74) is 3.02. The van der Waals surface area contributed by atoms with Crippen molar-refractivity contribution < 1.29 is 4.79 Å². The summed E-state index contributed by atoms with van der Waals surface area (Å²) in [6, 6.07) is 7.94. The molecule has 0 spiro atoms. The maximum Gasteiger partial charge on any atom is 0.161 e. The van der Waals surface area contributed by atoms with E-state index >= 15 is 0 Å². The molecule has 0 radical (unpaired) electrons. The van der Waals surface area contributed by atoms with Gasteiger partial charge in [0.05, 0.1) is 5.52 Å². The fourth-order valence-electron chi connectivity index (χ4n) is 1.83. The lowest BCUT2D eigenvalue weighted by Crippen LogP contribution is -1.98. The van der Waals surface area contributed by atoms with E-state index in [2.05, 4.69) is 10.6 Å². The van der Waals surface area contributed by atoms with Crippen LogP contribution in [0.4, 0.5) is 0 Å². The molecule has 0 N–H and O–H groups in total. The van der Waals surface area contributed by atoms with Gasteiger partial charge >= 0.3 is 0 Å². The van der Waals surface area contributed by atoms with Crippen LogP contribution in [0, 0.1) is 6.92 Å². The summed E-state index contributed by atoms with van der Waals surface area (Å²) in [4.78, 5) is 11.4. The van der Waals surface area contributed by atoms with Crippen molar-refractivity contribution in [3.05, 3.63) is 35.5 Å². The van der Waals surface area contributed by atoms with Crippen molar-refractivity contribution in [3.63, 3.8) is 0 Å². The first-order valence-electron chi connectivity index (χ1n) is 4.67. The summed E-state index contributed by atoms with van der Waals surface area (Å²) in [7, 11) is 1.99. The number of hydrogen-bond donors (Lipinski definition) is 0. The summed E-state index contributed by atoms with van der Waals surface area (Å²) in [6.07, 6.45) is 0. The summed E-state index contributed by atoms with van der Waals surface area (Å²) < 4.78 is 2.06. The first-order chi connectivity index (χ1) is 6.61. The quantitative estimate of drug-likeness (QED) is 0.629. The van der Waals surface area contributed by atoms with Gasteiger partial charge in [-0.3, -0.25) is 4.79 Å². The normalized spacial score (nSPS) is 10.8. The average molecular weight is 187 g/mol. The maximum absolute atomic E-state index is 11.4. The molecule has 2 nitrogen and oxygen atoms in total. The Morgan fingerprint density at radius 1 is 1.36 bits per heavy atom. The molecule has 0 aliphatic rings. The van der Waals surface area contributed by atoms with Crippen molar-refractivity contribution >= 4 is 16.7 Å². The highest BCUT2D eigenvalue weighted by atomic mass is 16.1. The fraction of sp³-hybridized carbons (Fsp3) is 0.250. The maximum atomic E-state index is 11.4. The van der Waals surface area contributed by atoms with Crippen molar-refractivity contribution in [2.75, 3.05) is 0 Å². The van der Waals surface area contributed by atoms with Gasteiger partial charge in [-0.05, 0) is 26.0 Å². The number of carbonyl (C=O) groups excluding carboxylic acids is 1. The first-order valence-corrected chi connectivity index (χ1v) is 4.67. The minimum atomic E-state index is 0.122. The number of Topliss-reactive ketones (excluding diaryl/α,β-unsaturated/α-hetero) is 1. The minimum absolute atomic E-state index is 0.122. The van der Waals surface area contributed by atoms with E-state index in [1.165, 1.54) is 5.69 Å². The second-order valence-electron chi connectivity index (χ2n) is 3.64. The highest BCUT2D eigenvalue weighted by molar-refractivity contribution is 6.06. The molecule has 72 valence electrons. The van der Waals surface area contributed by atoms with E-state index in [-0.39, 0.29) is 5.78 Å². The smallest absolute Gasteiger partial charge is 0.161 e. The molecule has 0 amide bonds. The Kier molecular flexibility index (Phi) is 1.92. The Hall–Kier alpha value is -1.57. The highest BCUT2D eigenvalue weighted by Crippen LogP contribution is 2.22. The Morgan fingerprint density at radius 2 is 2.07 bits per heavy atom. The summed E-state index contributed by atoms with van der Waals surface area (Å²) in [5, 5.41) is 1.14. The average Bonchev–Trinajstić information content (AvgIpc) is 2.43. The third kappa shape index (κ3) is 1.15. The van der Waals surface area contributed by atoms with Gasteiger partial charge in [0.25, 0.3) is 0 Å². The Labute approximate surface area is 83.2 Å². The van der Waals surface area contributed by atoms with Crippen LogP contribution in [0.5, 0.6) is 0 Å². The van der Waals surface area contributed by atoms with Crippen LogP contribution < -0.4 is 0 Å². The molecule has 0 aliphatic carbocycles. The molecule has 0 saturated heterocycles. The van der Waals surface area contributed by atoms with Crippen LogP contribution in [0.3, 0.4) is 0 Å². The molecule has 0 saturated carbocycles. The Morgan fingerprint density at radius 3 is 2.71 bits per heavy atom. The molecule has 0 fully saturated rings. The highest BCUT2D eigenvalue weighted by Gasteiger charge is 2.09. The van der Waals surface area contributed by atoms with Crippen LogP contribution in [-0.4, -0.2) is 10.4 Å². The van der Waals surface area contributed by atoms with Crippen LogP contribution in [0.1, 0.15) is 23.0 Å². The second kappa shape index (κ2) is 2.98. The Bertz CT molecular complexity index is 508. The lowest BCUT2D eigenvalue weighted by molar-refractivity contribution is 0.101. The predicted octanol–water partition coefficient (Wildman–Crippen LogP) is 2.69. The van der Waals surface area contributed by atoms with Gasteiger partial charge in [0.2, 0.25) is 0 Å². The number of para-hydroxylation sites is 1. The molecule has 14 heavy (non-hydrogen) atoms. The van der Waals surface area contributed by atoms with E-state index in [1.54, 1.807) is 6.92 Å². The van der Waals surface area contributed by atoms with Crippen LogP contribution in [0.2, 0.25) is 0 Å². The van der Waals surface area contributed by atoms with E-state index < -0.39 is 0 Å². The molecule has 1 aromatic heterocycles. The van der Waals surface area contributed by atoms with Crippen molar-refractivity contribution in [1.82, 2.24) is 4.57 Å². The summed E-state index contributed by atoms with van der Waals surface area (Å²) in [5.74, 6) is 0.122. The van der Waals surface area contributed by atoms with Gasteiger partial charge in [-0.25, -0.2) is 0 Å². The lowest BCUT2D eigenvalue weighted by atomic mass is 10.1. The fourth-order valence-corrected chi connectivity index (χ4v) is 1.83. The van der Waals surface area contributed by atoms with Crippen LogP contribution >= 0.6 is 0 Å². The van der Waals surface area contributed by atoms with Gasteiger partial charge < -0.3 is 4.57 Å². The second-order valence-corrected chi connectivity index (χ2v) is 3.64. The number of aryl methyl sites for hydroxylation is 2.